The van der Waals surface area contributed by atoms with E-state index in [1.165, 1.54) is 38.9 Å². The lowest BCUT2D eigenvalue weighted by atomic mass is 9.93. The van der Waals surface area contributed by atoms with Crippen molar-refractivity contribution in [2.75, 3.05) is 45.2 Å². The number of nitrogens with one attached hydrogen (secondary N) is 2. The standard InChI is InChI=1S/C28H35F3N6O2/c1-39-25-17-23-20(16-24(25)34-27(38)22-5-2-6-26(33-22)28(29,30)31)18-37(35-23)21-9-14-36(15-10-21)13-3-4-19-7-11-32-12-8-19/h2,5-6,16-19,21,32H,3-4,7-15H2,1H3,(H,34,38). The van der Waals surface area contributed by atoms with Gasteiger partial charge >= 0.3 is 6.18 Å². The summed E-state index contributed by atoms with van der Waals surface area (Å²) in [4.78, 5) is 18.7. The van der Waals surface area contributed by atoms with Crippen molar-refractivity contribution in [2.24, 2.45) is 5.92 Å². The quantitative estimate of drug-likeness (QED) is 0.409. The third-order valence-electron chi connectivity index (χ3n) is 7.84. The van der Waals surface area contributed by atoms with Gasteiger partial charge in [-0.25, -0.2) is 4.98 Å². The summed E-state index contributed by atoms with van der Waals surface area (Å²) < 4.78 is 46.5. The molecule has 2 aliphatic heterocycles. The highest BCUT2D eigenvalue weighted by molar-refractivity contribution is 6.05. The molecule has 0 atom stereocenters. The molecule has 2 saturated heterocycles. The molecule has 3 aromatic rings. The second-order valence-electron chi connectivity index (χ2n) is 10.5. The fourth-order valence-corrected chi connectivity index (χ4v) is 5.61. The number of fused-ring (bicyclic) bond motifs is 1. The Morgan fingerprint density at radius 3 is 2.64 bits per heavy atom. The molecular weight excluding hydrogens is 509 g/mol. The number of alkyl halides is 3. The number of aromatic nitrogens is 3. The van der Waals surface area contributed by atoms with Crippen molar-refractivity contribution in [1.29, 1.82) is 0 Å². The highest BCUT2D eigenvalue weighted by Gasteiger charge is 2.33. The maximum atomic E-state index is 13.0. The predicted molar refractivity (Wildman–Crippen MR) is 143 cm³/mol. The van der Waals surface area contributed by atoms with Gasteiger partial charge in [-0.3, -0.25) is 9.48 Å². The van der Waals surface area contributed by atoms with Crippen molar-refractivity contribution in [1.82, 2.24) is 25.0 Å². The summed E-state index contributed by atoms with van der Waals surface area (Å²) in [5, 5.41) is 11.7. The Morgan fingerprint density at radius 1 is 1.15 bits per heavy atom. The van der Waals surface area contributed by atoms with Crippen LogP contribution in [0.25, 0.3) is 10.9 Å². The third kappa shape index (κ3) is 6.70. The van der Waals surface area contributed by atoms with E-state index >= 15 is 0 Å². The molecule has 2 N–H and O–H groups in total. The number of halogens is 3. The smallest absolute Gasteiger partial charge is 0.433 e. The fraction of sp³-hybridized carbons (Fsp3) is 0.536. The van der Waals surface area contributed by atoms with Gasteiger partial charge in [-0.1, -0.05) is 6.07 Å². The zero-order chi connectivity index (χ0) is 27.4. The van der Waals surface area contributed by atoms with E-state index in [0.717, 1.165) is 74.5 Å². The van der Waals surface area contributed by atoms with Gasteiger partial charge in [0.15, 0.2) is 0 Å². The van der Waals surface area contributed by atoms with Gasteiger partial charge in [-0.15, -0.1) is 0 Å². The van der Waals surface area contributed by atoms with E-state index < -0.39 is 17.8 Å². The predicted octanol–water partition coefficient (Wildman–Crippen LogP) is 5.13. The minimum atomic E-state index is -4.63. The molecule has 2 aromatic heterocycles. The number of hydrogen-bond acceptors (Lipinski definition) is 6. The Morgan fingerprint density at radius 2 is 1.92 bits per heavy atom. The molecule has 5 rings (SSSR count). The van der Waals surface area contributed by atoms with Crippen molar-refractivity contribution in [2.45, 2.75) is 50.7 Å². The molecule has 1 aromatic carbocycles. The molecule has 1 amide bonds. The molecule has 0 aliphatic carbocycles. The summed E-state index contributed by atoms with van der Waals surface area (Å²) in [6.45, 7) is 5.55. The molecule has 2 fully saturated rings. The van der Waals surface area contributed by atoms with Gasteiger partial charge in [0, 0.05) is 30.7 Å². The van der Waals surface area contributed by atoms with Gasteiger partial charge in [-0.2, -0.15) is 18.3 Å². The van der Waals surface area contributed by atoms with Gasteiger partial charge in [0.1, 0.15) is 17.1 Å². The summed E-state index contributed by atoms with van der Waals surface area (Å²) in [6.07, 6.45) is 4.53. The number of carbonyl (C=O) groups excluding carboxylic acids is 1. The Labute approximate surface area is 225 Å². The molecule has 0 unspecified atom stereocenters. The number of rotatable bonds is 8. The highest BCUT2D eigenvalue weighted by atomic mass is 19.4. The van der Waals surface area contributed by atoms with Crippen molar-refractivity contribution in [3.05, 3.63) is 47.9 Å². The van der Waals surface area contributed by atoms with E-state index in [9.17, 15) is 18.0 Å². The lowest BCUT2D eigenvalue weighted by molar-refractivity contribution is -0.141. The lowest BCUT2D eigenvalue weighted by Gasteiger charge is -2.32. The van der Waals surface area contributed by atoms with Crippen molar-refractivity contribution >= 4 is 22.5 Å². The van der Waals surface area contributed by atoms with Crippen LogP contribution in [0, 0.1) is 5.92 Å². The molecule has 8 nitrogen and oxygen atoms in total. The number of hydrogen-bond donors (Lipinski definition) is 2. The molecule has 0 spiro atoms. The second-order valence-corrected chi connectivity index (χ2v) is 10.5. The normalized spacial score (nSPS) is 17.9. The second kappa shape index (κ2) is 11.9. The van der Waals surface area contributed by atoms with Crippen LogP contribution in [0.1, 0.15) is 60.7 Å². The van der Waals surface area contributed by atoms with Gasteiger partial charge in [0.2, 0.25) is 0 Å². The minimum absolute atomic E-state index is 0.288. The average Bonchev–Trinajstić information content (AvgIpc) is 3.36. The van der Waals surface area contributed by atoms with Gasteiger partial charge in [0.05, 0.1) is 24.4 Å². The maximum Gasteiger partial charge on any atom is 0.433 e. The zero-order valence-electron chi connectivity index (χ0n) is 22.1. The first kappa shape index (κ1) is 27.4. The van der Waals surface area contributed by atoms with Crippen LogP contribution in [-0.4, -0.2) is 65.4 Å². The van der Waals surface area contributed by atoms with E-state index in [4.69, 9.17) is 9.84 Å². The first-order chi connectivity index (χ1) is 18.8. The van der Waals surface area contributed by atoms with Crippen LogP contribution in [0.2, 0.25) is 0 Å². The number of methoxy groups -OCH3 is 1. The first-order valence-corrected chi connectivity index (χ1v) is 13.7. The van der Waals surface area contributed by atoms with Gasteiger partial charge in [0.25, 0.3) is 5.91 Å². The molecule has 2 aliphatic rings. The molecule has 0 radical (unpaired) electrons. The topological polar surface area (TPSA) is 84.3 Å². The molecule has 4 heterocycles. The van der Waals surface area contributed by atoms with E-state index in [2.05, 4.69) is 20.5 Å². The number of anilines is 1. The third-order valence-corrected chi connectivity index (χ3v) is 7.84. The van der Waals surface area contributed by atoms with E-state index in [0.29, 0.717) is 11.4 Å². The number of pyridine rings is 1. The van der Waals surface area contributed by atoms with Crippen molar-refractivity contribution in [3.8, 4) is 5.75 Å². The molecule has 210 valence electrons. The number of likely N-dealkylation sites (tertiary alicyclic amines) is 1. The summed E-state index contributed by atoms with van der Waals surface area (Å²) in [5.74, 6) is 0.489. The Hall–Kier alpha value is -3.18. The Kier molecular flexibility index (Phi) is 8.37. The number of benzene rings is 1. The molecule has 11 heteroatoms. The number of carbonyl (C=O) groups is 1. The molecule has 39 heavy (non-hydrogen) atoms. The van der Waals surface area contributed by atoms with Crippen LogP contribution >= 0.6 is 0 Å². The van der Waals surface area contributed by atoms with Crippen molar-refractivity contribution < 1.29 is 22.7 Å². The van der Waals surface area contributed by atoms with Crippen LogP contribution in [0.3, 0.4) is 0 Å². The summed E-state index contributed by atoms with van der Waals surface area (Å²) >= 11 is 0. The summed E-state index contributed by atoms with van der Waals surface area (Å²) in [5.41, 5.74) is -0.374. The monoisotopic (exact) mass is 544 g/mol. The largest absolute Gasteiger partial charge is 0.494 e. The molecule has 0 saturated carbocycles. The minimum Gasteiger partial charge on any atom is -0.494 e. The Bertz CT molecular complexity index is 1280. The zero-order valence-corrected chi connectivity index (χ0v) is 22.1. The number of piperidine rings is 2. The summed E-state index contributed by atoms with van der Waals surface area (Å²) in [7, 11) is 1.47. The van der Waals surface area contributed by atoms with Crippen LogP contribution in [0.4, 0.5) is 18.9 Å². The van der Waals surface area contributed by atoms with Gasteiger partial charge < -0.3 is 20.3 Å². The van der Waals surface area contributed by atoms with E-state index in [1.807, 2.05) is 10.9 Å². The van der Waals surface area contributed by atoms with E-state index in [1.54, 1.807) is 12.1 Å². The van der Waals surface area contributed by atoms with Crippen LogP contribution in [0.5, 0.6) is 5.75 Å². The number of nitrogens with zero attached hydrogens (tertiary/aromatic N) is 4. The first-order valence-electron chi connectivity index (χ1n) is 13.7. The molecular formula is C28H35F3N6O2. The van der Waals surface area contributed by atoms with Crippen LogP contribution in [-0.2, 0) is 6.18 Å². The van der Waals surface area contributed by atoms with E-state index in [-0.39, 0.29) is 11.7 Å². The maximum absolute atomic E-state index is 13.0. The lowest BCUT2D eigenvalue weighted by Crippen LogP contribution is -2.35. The van der Waals surface area contributed by atoms with Crippen LogP contribution < -0.4 is 15.4 Å². The number of ether oxygens (including phenoxy) is 1. The van der Waals surface area contributed by atoms with Gasteiger partial charge in [-0.05, 0) is 82.3 Å². The van der Waals surface area contributed by atoms with Crippen LogP contribution in [0.15, 0.2) is 36.5 Å². The number of amides is 1. The fourth-order valence-electron chi connectivity index (χ4n) is 5.61. The summed E-state index contributed by atoms with van der Waals surface area (Å²) in [6, 6.07) is 6.99. The van der Waals surface area contributed by atoms with Crippen molar-refractivity contribution in [3.63, 3.8) is 0 Å². The highest BCUT2D eigenvalue weighted by Crippen LogP contribution is 2.33. The Balaban J connectivity index is 1.21. The average molecular weight is 545 g/mol. The SMILES string of the molecule is COc1cc2nn(C3CCN(CCCC4CCNCC4)CC3)cc2cc1NC(=O)c1cccc(C(F)(F)F)n1. The molecule has 0 bridgehead atoms.